The highest BCUT2D eigenvalue weighted by atomic mass is 19.4. The Hall–Kier alpha value is -3.40. The highest BCUT2D eigenvalue weighted by Gasteiger charge is 2.30. The van der Waals surface area contributed by atoms with Crippen molar-refractivity contribution in [2.45, 2.75) is 32.2 Å². The fraction of sp³-hybridized carbons (Fsp3) is 0.318. The average molecular weight is 445 g/mol. The number of aromatic amines is 1. The SMILES string of the molecule is C[C@@H]1CN(c2nccc(Nc3cc(-c4ccc(C(F)(F)F)cc4)c[nH]c3=O)n2)C[C@H](C)O1. The van der Waals surface area contributed by atoms with Gasteiger partial charge in [0.15, 0.2) is 0 Å². The minimum Gasteiger partial charge on any atom is -0.372 e. The number of pyridine rings is 1. The van der Waals surface area contributed by atoms with Crippen LogP contribution in [0, 0.1) is 0 Å². The number of aromatic nitrogens is 3. The third-order valence-corrected chi connectivity index (χ3v) is 5.06. The summed E-state index contributed by atoms with van der Waals surface area (Å²) in [5.74, 6) is 0.948. The van der Waals surface area contributed by atoms with E-state index < -0.39 is 11.7 Å². The molecule has 2 N–H and O–H groups in total. The molecule has 0 unspecified atom stereocenters. The Balaban J connectivity index is 1.57. The van der Waals surface area contributed by atoms with Crippen molar-refractivity contribution in [2.24, 2.45) is 0 Å². The van der Waals surface area contributed by atoms with Crippen LogP contribution in [-0.2, 0) is 10.9 Å². The van der Waals surface area contributed by atoms with Gasteiger partial charge in [-0.2, -0.15) is 18.2 Å². The first-order valence-electron chi connectivity index (χ1n) is 10.1. The van der Waals surface area contributed by atoms with Crippen LogP contribution in [0.5, 0.6) is 0 Å². The molecule has 32 heavy (non-hydrogen) atoms. The molecule has 0 bridgehead atoms. The number of halogens is 3. The fourth-order valence-corrected chi connectivity index (χ4v) is 3.64. The molecule has 0 saturated carbocycles. The van der Waals surface area contributed by atoms with Gasteiger partial charge in [0.05, 0.1) is 17.8 Å². The number of H-pyrrole nitrogens is 1. The number of benzene rings is 1. The quantitative estimate of drug-likeness (QED) is 0.626. The zero-order chi connectivity index (χ0) is 22.9. The lowest BCUT2D eigenvalue weighted by Gasteiger charge is -2.35. The third kappa shape index (κ3) is 4.91. The molecule has 3 aromatic rings. The molecule has 4 rings (SSSR count). The molecular weight excluding hydrogens is 423 g/mol. The first-order valence-corrected chi connectivity index (χ1v) is 10.1. The number of nitrogens with zero attached hydrogens (tertiary/aromatic N) is 3. The van der Waals surface area contributed by atoms with Crippen LogP contribution in [0.4, 0.5) is 30.6 Å². The van der Waals surface area contributed by atoms with Gasteiger partial charge in [-0.1, -0.05) is 12.1 Å². The molecule has 0 aliphatic carbocycles. The predicted octanol–water partition coefficient (Wildman–Crippen LogP) is 4.21. The standard InChI is InChI=1S/C22H22F3N5O2/c1-13-11-30(12-14(2)32-13)21-26-8-7-19(29-21)28-18-9-16(10-27-20(18)31)15-3-5-17(6-4-15)22(23,24)25/h3-10,13-14H,11-12H2,1-2H3,(H,27,31)(H,26,28,29)/t13-,14+. The molecule has 2 atom stereocenters. The van der Waals surface area contributed by atoms with Crippen molar-refractivity contribution in [1.29, 1.82) is 0 Å². The van der Waals surface area contributed by atoms with Gasteiger partial charge >= 0.3 is 6.18 Å². The number of hydrogen-bond donors (Lipinski definition) is 2. The van der Waals surface area contributed by atoms with Gasteiger partial charge in [0.2, 0.25) is 5.95 Å². The molecule has 0 amide bonds. The Kier molecular flexibility index (Phi) is 5.88. The van der Waals surface area contributed by atoms with Gasteiger partial charge in [0, 0.05) is 31.0 Å². The average Bonchev–Trinajstić information content (AvgIpc) is 2.74. The number of rotatable bonds is 4. The van der Waals surface area contributed by atoms with E-state index in [9.17, 15) is 18.0 Å². The Labute approximate surface area is 182 Å². The summed E-state index contributed by atoms with van der Waals surface area (Å²) >= 11 is 0. The summed E-state index contributed by atoms with van der Waals surface area (Å²) in [5, 5.41) is 2.99. The number of morpholine rings is 1. The van der Waals surface area contributed by atoms with E-state index in [0.717, 1.165) is 12.1 Å². The minimum absolute atomic E-state index is 0.0437. The van der Waals surface area contributed by atoms with Crippen molar-refractivity contribution in [3.05, 3.63) is 64.7 Å². The summed E-state index contributed by atoms with van der Waals surface area (Å²) in [5.41, 5.74) is 0.206. The molecule has 1 aliphatic heterocycles. The molecule has 1 aliphatic rings. The number of anilines is 3. The van der Waals surface area contributed by atoms with Gasteiger partial charge in [-0.15, -0.1) is 0 Å². The summed E-state index contributed by atoms with van der Waals surface area (Å²) < 4.78 is 44.2. The number of nitrogens with one attached hydrogen (secondary N) is 2. The zero-order valence-corrected chi connectivity index (χ0v) is 17.5. The topological polar surface area (TPSA) is 83.1 Å². The van der Waals surface area contributed by atoms with Crippen LogP contribution < -0.4 is 15.8 Å². The van der Waals surface area contributed by atoms with Gasteiger partial charge in [-0.05, 0) is 43.7 Å². The lowest BCUT2D eigenvalue weighted by molar-refractivity contribution is -0.137. The van der Waals surface area contributed by atoms with Gasteiger partial charge in [0.25, 0.3) is 5.56 Å². The summed E-state index contributed by atoms with van der Waals surface area (Å²) in [6.07, 6.45) is -1.26. The first kappa shape index (κ1) is 21.8. The lowest BCUT2D eigenvalue weighted by Crippen LogP contribution is -2.46. The largest absolute Gasteiger partial charge is 0.416 e. The van der Waals surface area contributed by atoms with Crippen LogP contribution in [0.15, 0.2) is 53.6 Å². The number of ether oxygens (including phenoxy) is 1. The van der Waals surface area contributed by atoms with Gasteiger partial charge < -0.3 is 19.9 Å². The van der Waals surface area contributed by atoms with E-state index in [1.807, 2.05) is 18.7 Å². The van der Waals surface area contributed by atoms with Gasteiger partial charge in [0.1, 0.15) is 11.5 Å². The molecule has 1 saturated heterocycles. The summed E-state index contributed by atoms with van der Waals surface area (Å²) in [6, 6.07) is 7.96. The maximum absolute atomic E-state index is 12.8. The summed E-state index contributed by atoms with van der Waals surface area (Å²) in [4.78, 5) is 25.8. The maximum atomic E-state index is 12.8. The maximum Gasteiger partial charge on any atom is 0.416 e. The first-order chi connectivity index (χ1) is 15.2. The Morgan fingerprint density at radius 1 is 1.09 bits per heavy atom. The molecule has 2 aromatic heterocycles. The van der Waals surface area contributed by atoms with Crippen LogP contribution in [0.1, 0.15) is 19.4 Å². The highest BCUT2D eigenvalue weighted by Crippen LogP contribution is 2.31. The Bertz CT molecular complexity index is 1140. The lowest BCUT2D eigenvalue weighted by atomic mass is 10.1. The van der Waals surface area contributed by atoms with E-state index in [4.69, 9.17) is 4.74 Å². The van der Waals surface area contributed by atoms with Crippen LogP contribution >= 0.6 is 0 Å². The van der Waals surface area contributed by atoms with Crippen LogP contribution in [-0.4, -0.2) is 40.2 Å². The van der Waals surface area contributed by atoms with E-state index in [1.165, 1.54) is 18.3 Å². The molecular formula is C22H22F3N5O2. The number of hydrogen-bond acceptors (Lipinski definition) is 6. The minimum atomic E-state index is -4.41. The second-order valence-electron chi connectivity index (χ2n) is 7.74. The smallest absolute Gasteiger partial charge is 0.372 e. The molecule has 3 heterocycles. The third-order valence-electron chi connectivity index (χ3n) is 5.06. The molecule has 1 fully saturated rings. The second kappa shape index (κ2) is 8.62. The molecule has 168 valence electrons. The number of alkyl halides is 3. The fourth-order valence-electron chi connectivity index (χ4n) is 3.64. The monoisotopic (exact) mass is 445 g/mol. The Morgan fingerprint density at radius 3 is 2.44 bits per heavy atom. The normalized spacial score (nSPS) is 19.1. The van der Waals surface area contributed by atoms with E-state index in [1.54, 1.807) is 18.3 Å². The highest BCUT2D eigenvalue weighted by molar-refractivity contribution is 5.69. The zero-order valence-electron chi connectivity index (χ0n) is 17.5. The van der Waals surface area contributed by atoms with Crippen molar-refractivity contribution in [3.8, 4) is 11.1 Å². The van der Waals surface area contributed by atoms with E-state index >= 15 is 0 Å². The van der Waals surface area contributed by atoms with Crippen molar-refractivity contribution < 1.29 is 17.9 Å². The summed E-state index contributed by atoms with van der Waals surface area (Å²) in [7, 11) is 0. The molecule has 0 radical (unpaired) electrons. The van der Waals surface area contributed by atoms with E-state index in [0.29, 0.717) is 36.0 Å². The molecule has 7 nitrogen and oxygen atoms in total. The predicted molar refractivity (Wildman–Crippen MR) is 115 cm³/mol. The van der Waals surface area contributed by atoms with E-state index in [2.05, 4.69) is 20.3 Å². The van der Waals surface area contributed by atoms with Crippen molar-refractivity contribution in [2.75, 3.05) is 23.3 Å². The van der Waals surface area contributed by atoms with Crippen molar-refractivity contribution in [3.63, 3.8) is 0 Å². The Morgan fingerprint density at radius 2 is 1.78 bits per heavy atom. The second-order valence-corrected chi connectivity index (χ2v) is 7.74. The van der Waals surface area contributed by atoms with Gasteiger partial charge in [-0.25, -0.2) is 4.98 Å². The van der Waals surface area contributed by atoms with E-state index in [-0.39, 0.29) is 23.5 Å². The van der Waals surface area contributed by atoms with Crippen LogP contribution in [0.3, 0.4) is 0 Å². The van der Waals surface area contributed by atoms with Crippen LogP contribution in [0.2, 0.25) is 0 Å². The van der Waals surface area contributed by atoms with Gasteiger partial charge in [-0.3, -0.25) is 4.79 Å². The molecule has 1 aromatic carbocycles. The molecule has 0 spiro atoms. The van der Waals surface area contributed by atoms with Crippen LogP contribution in [0.25, 0.3) is 11.1 Å². The molecule has 10 heteroatoms. The van der Waals surface area contributed by atoms with Crippen molar-refractivity contribution in [1.82, 2.24) is 15.0 Å². The summed E-state index contributed by atoms with van der Waals surface area (Å²) in [6.45, 7) is 5.27. The van der Waals surface area contributed by atoms with Crippen molar-refractivity contribution >= 4 is 17.5 Å².